The van der Waals surface area contributed by atoms with Crippen LogP contribution in [0.4, 0.5) is 21.7 Å². The second-order valence-corrected chi connectivity index (χ2v) is 8.53. The van der Waals surface area contributed by atoms with Crippen molar-refractivity contribution in [3.63, 3.8) is 0 Å². The summed E-state index contributed by atoms with van der Waals surface area (Å²) in [6, 6.07) is 5.72. The molecule has 2 fully saturated rings. The number of hydrogen-bond donors (Lipinski definition) is 1. The van der Waals surface area contributed by atoms with Gasteiger partial charge in [-0.05, 0) is 46.0 Å². The maximum atomic E-state index is 15.2. The molecule has 2 N–H and O–H groups in total. The molecule has 0 bridgehead atoms. The number of benzene rings is 1. The molecule has 1 aromatic heterocycles. The Morgan fingerprint density at radius 3 is 2.53 bits per heavy atom. The third-order valence-electron chi connectivity index (χ3n) is 6.26. The van der Waals surface area contributed by atoms with Gasteiger partial charge in [-0.1, -0.05) is 0 Å². The quantitative estimate of drug-likeness (QED) is 0.774. The van der Waals surface area contributed by atoms with Gasteiger partial charge in [0.1, 0.15) is 5.82 Å². The molecule has 1 aromatic carbocycles. The number of piperazine rings is 1. The minimum Gasteiger partial charge on any atom is -0.397 e. The summed E-state index contributed by atoms with van der Waals surface area (Å²) in [5, 5.41) is 0. The second-order valence-electron chi connectivity index (χ2n) is 8.53. The first-order chi connectivity index (χ1) is 14.3. The largest absolute Gasteiger partial charge is 0.397 e. The fourth-order valence-electron chi connectivity index (χ4n) is 4.30. The van der Waals surface area contributed by atoms with Gasteiger partial charge in [0, 0.05) is 50.0 Å². The fraction of sp³-hybridized carbons (Fsp3) is 0.545. The summed E-state index contributed by atoms with van der Waals surface area (Å²) in [7, 11) is 2.13. The Hall–Kier alpha value is -2.45. The van der Waals surface area contributed by atoms with Gasteiger partial charge in [-0.3, -0.25) is 4.90 Å². The van der Waals surface area contributed by atoms with E-state index in [4.69, 9.17) is 10.5 Å². The van der Waals surface area contributed by atoms with Gasteiger partial charge in [-0.2, -0.15) is 0 Å². The highest BCUT2D eigenvalue weighted by Crippen LogP contribution is 2.33. The zero-order chi connectivity index (χ0) is 21.4. The number of morpholine rings is 1. The van der Waals surface area contributed by atoms with Gasteiger partial charge in [0.2, 0.25) is 5.95 Å². The minimum absolute atomic E-state index is 0.117. The Balaban J connectivity index is 1.62. The standard InChI is InChI=1S/C22H31FN6O/c1-14-11-29(12-15(2)27(14)4)21-10-18(23)17(9-19(21)24)20-5-6-25-22(26-20)28-7-8-30-16(3)13-28/h5-6,9-10,14-16H,7-8,11-13,24H2,1-4H3/t14-,15+,16-/m0/s1. The first kappa shape index (κ1) is 20.8. The molecule has 162 valence electrons. The maximum absolute atomic E-state index is 15.2. The van der Waals surface area contributed by atoms with Crippen molar-refractivity contribution in [2.75, 3.05) is 55.4 Å². The molecule has 30 heavy (non-hydrogen) atoms. The van der Waals surface area contributed by atoms with Gasteiger partial charge in [0.15, 0.2) is 0 Å². The van der Waals surface area contributed by atoms with Crippen LogP contribution in [0.1, 0.15) is 20.8 Å². The van der Waals surface area contributed by atoms with E-state index in [1.165, 1.54) is 0 Å². The summed E-state index contributed by atoms with van der Waals surface area (Å²) < 4.78 is 20.8. The molecule has 0 aliphatic carbocycles. The molecule has 2 aliphatic rings. The van der Waals surface area contributed by atoms with Crippen molar-refractivity contribution in [3.05, 3.63) is 30.2 Å². The Morgan fingerprint density at radius 1 is 1.10 bits per heavy atom. The maximum Gasteiger partial charge on any atom is 0.226 e. The first-order valence-electron chi connectivity index (χ1n) is 10.6. The van der Waals surface area contributed by atoms with Gasteiger partial charge in [-0.15, -0.1) is 0 Å². The first-order valence-corrected chi connectivity index (χ1v) is 10.6. The number of rotatable bonds is 3. The molecule has 3 heterocycles. The highest BCUT2D eigenvalue weighted by Gasteiger charge is 2.28. The van der Waals surface area contributed by atoms with E-state index in [-0.39, 0.29) is 11.9 Å². The lowest BCUT2D eigenvalue weighted by molar-refractivity contribution is 0.0526. The summed E-state index contributed by atoms with van der Waals surface area (Å²) in [5.41, 5.74) is 8.64. The highest BCUT2D eigenvalue weighted by atomic mass is 19.1. The normalized spacial score (nSPS) is 25.6. The van der Waals surface area contributed by atoms with Crippen molar-refractivity contribution in [1.29, 1.82) is 0 Å². The molecule has 0 radical (unpaired) electrons. The van der Waals surface area contributed by atoms with Crippen LogP contribution < -0.4 is 15.5 Å². The van der Waals surface area contributed by atoms with E-state index < -0.39 is 0 Å². The molecule has 3 atom stereocenters. The number of anilines is 3. The number of likely N-dealkylation sites (N-methyl/N-ethyl adjacent to an activating group) is 1. The summed E-state index contributed by atoms with van der Waals surface area (Å²) in [5.74, 6) is 0.268. The third-order valence-corrected chi connectivity index (χ3v) is 6.26. The number of nitrogen functional groups attached to an aromatic ring is 1. The van der Waals surface area contributed by atoms with Crippen molar-refractivity contribution in [2.24, 2.45) is 0 Å². The van der Waals surface area contributed by atoms with E-state index in [2.05, 4.69) is 45.6 Å². The summed E-state index contributed by atoms with van der Waals surface area (Å²) >= 11 is 0. The summed E-state index contributed by atoms with van der Waals surface area (Å²) in [4.78, 5) is 15.6. The van der Waals surface area contributed by atoms with Gasteiger partial charge >= 0.3 is 0 Å². The zero-order valence-corrected chi connectivity index (χ0v) is 18.2. The molecular weight excluding hydrogens is 383 g/mol. The Morgan fingerprint density at radius 2 is 1.83 bits per heavy atom. The Bertz CT molecular complexity index is 897. The SMILES string of the molecule is C[C@@H]1CN(c2cc(F)c(-c3ccnc(N4CCO[C@@H](C)C4)n3)cc2N)C[C@H](C)N1C. The number of nitrogens with zero attached hydrogens (tertiary/aromatic N) is 5. The van der Waals surface area contributed by atoms with E-state index in [0.717, 1.165) is 25.3 Å². The second kappa shape index (κ2) is 8.35. The molecule has 2 saturated heterocycles. The van der Waals surface area contributed by atoms with E-state index in [0.29, 0.717) is 48.1 Å². The van der Waals surface area contributed by atoms with E-state index >= 15 is 4.39 Å². The van der Waals surface area contributed by atoms with Crippen LogP contribution in [-0.2, 0) is 4.74 Å². The van der Waals surface area contributed by atoms with Crippen LogP contribution in [0.2, 0.25) is 0 Å². The van der Waals surface area contributed by atoms with Crippen LogP contribution in [0.3, 0.4) is 0 Å². The average Bonchev–Trinajstić information content (AvgIpc) is 2.73. The average molecular weight is 415 g/mol. The smallest absolute Gasteiger partial charge is 0.226 e. The van der Waals surface area contributed by atoms with E-state index in [9.17, 15) is 0 Å². The van der Waals surface area contributed by atoms with Crippen LogP contribution in [0.5, 0.6) is 0 Å². The lowest BCUT2D eigenvalue weighted by Gasteiger charge is -2.43. The number of ether oxygens (including phenoxy) is 1. The van der Waals surface area contributed by atoms with Gasteiger partial charge < -0.3 is 20.3 Å². The monoisotopic (exact) mass is 414 g/mol. The summed E-state index contributed by atoms with van der Waals surface area (Å²) in [6.45, 7) is 10.1. The minimum atomic E-state index is -0.321. The van der Waals surface area contributed by atoms with E-state index in [1.54, 1.807) is 24.4 Å². The van der Waals surface area contributed by atoms with Gasteiger partial charge in [-0.25, -0.2) is 14.4 Å². The van der Waals surface area contributed by atoms with Gasteiger partial charge in [0.05, 0.1) is 29.8 Å². The molecule has 8 heteroatoms. The van der Waals surface area contributed by atoms with Crippen molar-refractivity contribution in [1.82, 2.24) is 14.9 Å². The molecule has 4 rings (SSSR count). The molecule has 0 spiro atoms. The van der Waals surface area contributed by atoms with Crippen LogP contribution in [0, 0.1) is 5.82 Å². The van der Waals surface area contributed by atoms with Crippen LogP contribution >= 0.6 is 0 Å². The van der Waals surface area contributed by atoms with Crippen LogP contribution in [-0.4, -0.2) is 72.9 Å². The number of aromatic nitrogens is 2. The lowest BCUT2D eigenvalue weighted by atomic mass is 10.0. The van der Waals surface area contributed by atoms with Crippen molar-refractivity contribution in [2.45, 2.75) is 39.0 Å². The molecule has 0 saturated carbocycles. The third kappa shape index (κ3) is 4.06. The van der Waals surface area contributed by atoms with E-state index in [1.807, 2.05) is 6.92 Å². The number of halogens is 1. The van der Waals surface area contributed by atoms with Crippen LogP contribution in [0.15, 0.2) is 24.4 Å². The molecule has 7 nitrogen and oxygen atoms in total. The topological polar surface area (TPSA) is 70.8 Å². The zero-order valence-electron chi connectivity index (χ0n) is 18.2. The number of nitrogens with two attached hydrogens (primary N) is 1. The van der Waals surface area contributed by atoms with Crippen molar-refractivity contribution < 1.29 is 9.13 Å². The van der Waals surface area contributed by atoms with Crippen LogP contribution in [0.25, 0.3) is 11.3 Å². The fourth-order valence-corrected chi connectivity index (χ4v) is 4.30. The highest BCUT2D eigenvalue weighted by molar-refractivity contribution is 5.76. The predicted molar refractivity (Wildman–Crippen MR) is 118 cm³/mol. The number of hydrogen-bond acceptors (Lipinski definition) is 7. The molecular formula is C22H31FN6O. The van der Waals surface area contributed by atoms with Crippen molar-refractivity contribution in [3.8, 4) is 11.3 Å². The molecule has 0 amide bonds. The Labute approximate surface area is 177 Å². The molecule has 2 aliphatic heterocycles. The predicted octanol–water partition coefficient (Wildman–Crippen LogP) is 2.62. The molecule has 0 unspecified atom stereocenters. The Kier molecular flexibility index (Phi) is 5.79. The lowest BCUT2D eigenvalue weighted by Crippen LogP contribution is -2.55. The van der Waals surface area contributed by atoms with Gasteiger partial charge in [0.25, 0.3) is 0 Å². The molecule has 2 aromatic rings. The van der Waals surface area contributed by atoms with Crippen molar-refractivity contribution >= 4 is 17.3 Å². The summed E-state index contributed by atoms with van der Waals surface area (Å²) in [6.07, 6.45) is 1.79.